The fourth-order valence-electron chi connectivity index (χ4n) is 1.62. The molecular formula is C14H11Br2NO2S. The first-order valence-electron chi connectivity index (χ1n) is 5.64. The minimum absolute atomic E-state index is 0.211. The molecule has 1 N–H and O–H groups in total. The fourth-order valence-corrected chi connectivity index (χ4v) is 2.66. The summed E-state index contributed by atoms with van der Waals surface area (Å²) in [5.74, 6) is 0.446. The van der Waals surface area contributed by atoms with E-state index in [1.807, 2.05) is 12.1 Å². The summed E-state index contributed by atoms with van der Waals surface area (Å²) in [7, 11) is 1.58. The molecule has 0 heterocycles. The van der Waals surface area contributed by atoms with Crippen LogP contribution in [0.25, 0.3) is 0 Å². The predicted molar refractivity (Wildman–Crippen MR) is 90.0 cm³/mol. The average molecular weight is 417 g/mol. The number of rotatable bonds is 3. The lowest BCUT2D eigenvalue weighted by atomic mass is 10.2. The van der Waals surface area contributed by atoms with Gasteiger partial charge in [-0.05, 0) is 62.2 Å². The second kappa shape index (κ2) is 6.65. The van der Waals surface area contributed by atoms with E-state index < -0.39 is 0 Å². The lowest BCUT2D eigenvalue weighted by molar-refractivity contribution is 0.102. The topological polar surface area (TPSA) is 38.3 Å². The second-order valence-electron chi connectivity index (χ2n) is 3.97. The Balaban J connectivity index is 2.25. The van der Waals surface area contributed by atoms with E-state index >= 15 is 0 Å². The molecule has 0 fully saturated rings. The van der Waals surface area contributed by atoms with Crippen molar-refractivity contribution in [2.75, 3.05) is 12.4 Å². The molecule has 0 saturated carbocycles. The molecule has 0 aliphatic heterocycles. The molecule has 3 nitrogen and oxygen atoms in total. The van der Waals surface area contributed by atoms with Crippen LogP contribution in [0, 0.1) is 0 Å². The molecule has 0 radical (unpaired) electrons. The highest BCUT2D eigenvalue weighted by Crippen LogP contribution is 2.28. The summed E-state index contributed by atoms with van der Waals surface area (Å²) in [5.41, 5.74) is 1.19. The maximum Gasteiger partial charge on any atom is 0.256 e. The van der Waals surface area contributed by atoms with Gasteiger partial charge in [-0.25, -0.2) is 0 Å². The Hall–Kier alpha value is -0.980. The van der Waals surface area contributed by atoms with Gasteiger partial charge in [0.2, 0.25) is 0 Å². The van der Waals surface area contributed by atoms with Crippen molar-refractivity contribution >= 4 is 56.1 Å². The van der Waals surface area contributed by atoms with E-state index in [1.165, 1.54) is 0 Å². The molecule has 0 aliphatic carbocycles. The molecule has 0 aromatic heterocycles. The number of hydrogen-bond donors (Lipinski definition) is 2. The van der Waals surface area contributed by atoms with Crippen LogP contribution in [-0.2, 0) is 0 Å². The maximum atomic E-state index is 12.2. The Kier molecular flexibility index (Phi) is 5.12. The number of ether oxygens (including phenoxy) is 1. The van der Waals surface area contributed by atoms with E-state index in [1.54, 1.807) is 31.4 Å². The molecule has 0 unspecified atom stereocenters. The highest BCUT2D eigenvalue weighted by atomic mass is 79.9. The minimum Gasteiger partial charge on any atom is -0.495 e. The first-order chi connectivity index (χ1) is 9.51. The minimum atomic E-state index is -0.211. The maximum absolute atomic E-state index is 12.2. The summed E-state index contributed by atoms with van der Waals surface area (Å²) in [4.78, 5) is 13.0. The number of anilines is 1. The SMILES string of the molecule is COc1cc(NC(=O)c2cc(S)ccc2Br)ccc1Br. The van der Waals surface area contributed by atoms with Crippen LogP contribution in [0.3, 0.4) is 0 Å². The molecule has 1 amide bonds. The molecule has 0 aliphatic rings. The van der Waals surface area contributed by atoms with Crippen molar-refractivity contribution < 1.29 is 9.53 Å². The number of benzene rings is 2. The molecule has 20 heavy (non-hydrogen) atoms. The summed E-state index contributed by atoms with van der Waals surface area (Å²) in [6, 6.07) is 10.7. The first-order valence-corrected chi connectivity index (χ1v) is 7.68. The van der Waals surface area contributed by atoms with Crippen molar-refractivity contribution in [2.45, 2.75) is 4.90 Å². The lowest BCUT2D eigenvalue weighted by Crippen LogP contribution is -2.12. The number of nitrogens with one attached hydrogen (secondary N) is 1. The van der Waals surface area contributed by atoms with Crippen molar-refractivity contribution in [1.29, 1.82) is 0 Å². The van der Waals surface area contributed by atoms with Crippen molar-refractivity contribution in [1.82, 2.24) is 0 Å². The van der Waals surface area contributed by atoms with Gasteiger partial charge in [0.15, 0.2) is 0 Å². The van der Waals surface area contributed by atoms with Gasteiger partial charge in [-0.3, -0.25) is 4.79 Å². The van der Waals surface area contributed by atoms with Gasteiger partial charge in [0.05, 0.1) is 17.1 Å². The molecule has 104 valence electrons. The monoisotopic (exact) mass is 415 g/mol. The Morgan fingerprint density at radius 1 is 1.15 bits per heavy atom. The zero-order valence-corrected chi connectivity index (χ0v) is 14.6. The zero-order valence-electron chi connectivity index (χ0n) is 10.5. The van der Waals surface area contributed by atoms with Crippen molar-refractivity contribution in [3.8, 4) is 5.75 Å². The highest BCUT2D eigenvalue weighted by molar-refractivity contribution is 9.10. The fraction of sp³-hybridized carbons (Fsp3) is 0.0714. The number of carbonyl (C=O) groups is 1. The summed E-state index contributed by atoms with van der Waals surface area (Å²) in [5, 5.41) is 2.82. The highest BCUT2D eigenvalue weighted by Gasteiger charge is 2.11. The molecule has 0 atom stereocenters. The van der Waals surface area contributed by atoms with Gasteiger partial charge in [0, 0.05) is 21.1 Å². The number of hydrogen-bond acceptors (Lipinski definition) is 3. The van der Waals surface area contributed by atoms with Crippen molar-refractivity contribution in [2.24, 2.45) is 0 Å². The van der Waals surface area contributed by atoms with Crippen molar-refractivity contribution in [3.05, 3.63) is 50.9 Å². The first kappa shape index (κ1) is 15.4. The van der Waals surface area contributed by atoms with Gasteiger partial charge in [-0.2, -0.15) is 0 Å². The molecule has 2 rings (SSSR count). The number of halogens is 2. The average Bonchev–Trinajstić information content (AvgIpc) is 2.43. The van der Waals surface area contributed by atoms with Crippen LogP contribution in [0.2, 0.25) is 0 Å². The van der Waals surface area contributed by atoms with Crippen LogP contribution in [0.4, 0.5) is 5.69 Å². The Bertz CT molecular complexity index is 662. The third-order valence-corrected chi connectivity index (χ3v) is 4.23. The van der Waals surface area contributed by atoms with E-state index in [0.29, 0.717) is 17.0 Å². The molecular weight excluding hydrogens is 406 g/mol. The molecule has 0 saturated heterocycles. The third kappa shape index (κ3) is 3.56. The number of amides is 1. The van der Waals surface area contributed by atoms with Crippen LogP contribution >= 0.6 is 44.5 Å². The zero-order chi connectivity index (χ0) is 14.7. The normalized spacial score (nSPS) is 10.2. The van der Waals surface area contributed by atoms with Crippen LogP contribution in [0.15, 0.2) is 50.2 Å². The van der Waals surface area contributed by atoms with Crippen LogP contribution in [-0.4, -0.2) is 13.0 Å². The smallest absolute Gasteiger partial charge is 0.256 e. The molecule has 2 aromatic carbocycles. The number of methoxy groups -OCH3 is 1. The Labute approximate surface area is 139 Å². The van der Waals surface area contributed by atoms with E-state index in [2.05, 4.69) is 49.8 Å². The van der Waals surface area contributed by atoms with Gasteiger partial charge >= 0.3 is 0 Å². The van der Waals surface area contributed by atoms with Gasteiger partial charge in [-0.1, -0.05) is 0 Å². The third-order valence-electron chi connectivity index (χ3n) is 2.60. The van der Waals surface area contributed by atoms with Crippen LogP contribution in [0.5, 0.6) is 5.75 Å². The summed E-state index contributed by atoms with van der Waals surface area (Å²) >= 11 is 11.0. The van der Waals surface area contributed by atoms with Gasteiger partial charge in [0.1, 0.15) is 5.75 Å². The molecule has 0 bridgehead atoms. The van der Waals surface area contributed by atoms with E-state index in [-0.39, 0.29) is 5.91 Å². The molecule has 0 spiro atoms. The summed E-state index contributed by atoms with van der Waals surface area (Å²) in [6.45, 7) is 0. The molecule has 2 aromatic rings. The van der Waals surface area contributed by atoms with Gasteiger partial charge in [-0.15, -0.1) is 12.6 Å². The number of carbonyl (C=O) groups excluding carboxylic acids is 1. The Morgan fingerprint density at radius 2 is 1.85 bits per heavy atom. The Morgan fingerprint density at radius 3 is 2.55 bits per heavy atom. The van der Waals surface area contributed by atoms with E-state index in [9.17, 15) is 4.79 Å². The lowest BCUT2D eigenvalue weighted by Gasteiger charge is -2.10. The predicted octanol–water partition coefficient (Wildman–Crippen LogP) is 4.76. The van der Waals surface area contributed by atoms with Crippen LogP contribution in [0.1, 0.15) is 10.4 Å². The van der Waals surface area contributed by atoms with E-state index in [0.717, 1.165) is 13.8 Å². The summed E-state index contributed by atoms with van der Waals surface area (Å²) in [6.07, 6.45) is 0. The number of thiol groups is 1. The molecule has 6 heteroatoms. The van der Waals surface area contributed by atoms with Gasteiger partial charge in [0.25, 0.3) is 5.91 Å². The quantitative estimate of drug-likeness (QED) is 0.707. The van der Waals surface area contributed by atoms with Crippen molar-refractivity contribution in [3.63, 3.8) is 0 Å². The summed E-state index contributed by atoms with van der Waals surface area (Å²) < 4.78 is 6.75. The second-order valence-corrected chi connectivity index (χ2v) is 6.19. The van der Waals surface area contributed by atoms with E-state index in [4.69, 9.17) is 4.74 Å². The standard InChI is InChI=1S/C14H11Br2NO2S/c1-19-13-6-8(2-4-12(13)16)17-14(18)10-7-9(20)3-5-11(10)15/h2-7,20H,1H3,(H,17,18). The van der Waals surface area contributed by atoms with Gasteiger partial charge < -0.3 is 10.1 Å². The van der Waals surface area contributed by atoms with Crippen LogP contribution < -0.4 is 10.1 Å². The largest absolute Gasteiger partial charge is 0.495 e.